The molecule has 6 aromatic carbocycles. The maximum atomic E-state index is 4.74. The van der Waals surface area contributed by atoms with E-state index in [1.807, 2.05) is 12.3 Å². The fraction of sp³-hybridized carbons (Fsp3) is 0.136. The van der Waals surface area contributed by atoms with Crippen molar-refractivity contribution in [3.8, 4) is 22.3 Å². The number of pyridine rings is 1. The van der Waals surface area contributed by atoms with Crippen molar-refractivity contribution in [1.82, 2.24) is 9.55 Å². The lowest BCUT2D eigenvalue weighted by molar-refractivity contribution is 0.687. The highest BCUT2D eigenvalue weighted by molar-refractivity contribution is 6.16. The van der Waals surface area contributed by atoms with E-state index in [4.69, 9.17) is 4.98 Å². The van der Waals surface area contributed by atoms with Crippen molar-refractivity contribution in [3.63, 3.8) is 0 Å². The summed E-state index contributed by atoms with van der Waals surface area (Å²) in [4.78, 5) is 7.27. The zero-order valence-electron chi connectivity index (χ0n) is 38.9. The first-order valence-corrected chi connectivity index (χ1v) is 24.9. The molecule has 3 heteroatoms. The molecule has 13 rings (SSSR count). The van der Waals surface area contributed by atoms with E-state index in [1.54, 1.807) is 0 Å². The molecule has 5 aliphatic carbocycles. The Bertz CT molecular complexity index is 3570. The van der Waals surface area contributed by atoms with Gasteiger partial charge in [0.15, 0.2) is 0 Å². The third-order valence-corrected chi connectivity index (χ3v) is 15.2. The number of hydrogen-bond donors (Lipinski definition) is 0. The average Bonchev–Trinajstić information content (AvgIpc) is 3.93. The summed E-state index contributed by atoms with van der Waals surface area (Å²) in [5, 5.41) is 2.54. The highest BCUT2D eigenvalue weighted by Gasteiger charge is 2.49. The molecule has 0 radical (unpaired) electrons. The smallest absolute Gasteiger partial charge is 0.0674 e. The molecule has 0 fully saturated rings. The van der Waals surface area contributed by atoms with Gasteiger partial charge in [0.25, 0.3) is 0 Å². The molecule has 0 saturated carbocycles. The maximum Gasteiger partial charge on any atom is 0.0674 e. The molecule has 0 N–H and O–H groups in total. The van der Waals surface area contributed by atoms with Crippen LogP contribution < -0.4 is 4.90 Å². The minimum Gasteiger partial charge on any atom is -0.314 e. The number of anilines is 2. The molecule has 69 heavy (non-hydrogen) atoms. The highest BCUT2D eigenvalue weighted by Crippen LogP contribution is 2.60. The van der Waals surface area contributed by atoms with Crippen LogP contribution in [0.4, 0.5) is 11.4 Å². The lowest BCUT2D eigenvalue weighted by Crippen LogP contribution is -2.31. The molecule has 332 valence electrons. The zero-order chi connectivity index (χ0) is 45.7. The lowest BCUT2D eigenvalue weighted by Gasteiger charge is -2.38. The Balaban J connectivity index is 0.984. The second-order valence-electron chi connectivity index (χ2n) is 19.0. The number of rotatable bonds is 9. The van der Waals surface area contributed by atoms with Crippen LogP contribution in [0.3, 0.4) is 0 Å². The Morgan fingerprint density at radius 1 is 0.536 bits per heavy atom. The molecule has 0 amide bonds. The number of hydrogen-bond acceptors (Lipinski definition) is 2. The van der Waals surface area contributed by atoms with Gasteiger partial charge in [0.05, 0.1) is 22.1 Å². The molecular formula is C66H53N3. The number of allylic oxidation sites excluding steroid dienone is 16. The lowest BCUT2D eigenvalue weighted by atomic mass is 9.64. The summed E-state index contributed by atoms with van der Waals surface area (Å²) in [6, 6.07) is 59.0. The molecule has 2 aromatic heterocycles. The normalized spacial score (nSPS) is 18.4. The molecule has 5 aliphatic rings. The fourth-order valence-electron chi connectivity index (χ4n) is 12.1. The molecule has 0 spiro atoms. The predicted octanol–water partition coefficient (Wildman–Crippen LogP) is 17.3. The van der Waals surface area contributed by atoms with Crippen LogP contribution in [-0.2, 0) is 5.41 Å². The maximum absolute atomic E-state index is 4.74. The number of benzene rings is 6. The van der Waals surface area contributed by atoms with Crippen molar-refractivity contribution < 1.29 is 0 Å². The van der Waals surface area contributed by atoms with Crippen molar-refractivity contribution in [1.29, 1.82) is 0 Å². The van der Waals surface area contributed by atoms with E-state index in [-0.39, 0.29) is 5.41 Å². The third kappa shape index (κ3) is 6.90. The van der Waals surface area contributed by atoms with Gasteiger partial charge >= 0.3 is 0 Å². The zero-order valence-corrected chi connectivity index (χ0v) is 38.9. The van der Waals surface area contributed by atoms with E-state index in [9.17, 15) is 0 Å². The Hall–Kier alpha value is -8.01. The van der Waals surface area contributed by atoms with E-state index in [0.29, 0.717) is 0 Å². The van der Waals surface area contributed by atoms with Crippen LogP contribution in [0, 0.1) is 0 Å². The van der Waals surface area contributed by atoms with E-state index in [2.05, 4.69) is 222 Å². The molecule has 0 bridgehead atoms. The first-order valence-electron chi connectivity index (χ1n) is 24.9. The molecule has 8 aromatic rings. The van der Waals surface area contributed by atoms with E-state index in [0.717, 1.165) is 62.7 Å². The quantitative estimate of drug-likeness (QED) is 0.144. The summed E-state index contributed by atoms with van der Waals surface area (Å²) in [7, 11) is 0. The predicted molar refractivity (Wildman–Crippen MR) is 290 cm³/mol. The molecule has 1 unspecified atom stereocenters. The van der Waals surface area contributed by atoms with Gasteiger partial charge in [-0.3, -0.25) is 4.98 Å². The monoisotopic (exact) mass is 887 g/mol. The van der Waals surface area contributed by atoms with Gasteiger partial charge in [-0.05, 0) is 168 Å². The first kappa shape index (κ1) is 41.2. The standard InChI is InChI=1S/C66H53N3/c1-5-19-47(20-6-1)59-43-49(44-60-58-28-14-16-31-64(58)69(65(59)60)52-25-11-4-12-26-52)46-32-36-53(37-33-46)68(54-38-34-48(35-39-54)63-30-17-18-42-67-63)55-40-41-57-56-27-13-15-29-61(56)66(62(57)45-55,50-21-7-2-8-22-50)51-23-9-3-10-24-51/h1-3,5-9,11,14,16-23,25-34,36-38,40-45H,4,10,12-13,15,24,35,39H2. The van der Waals surface area contributed by atoms with E-state index < -0.39 is 0 Å². The van der Waals surface area contributed by atoms with Gasteiger partial charge in [0.1, 0.15) is 0 Å². The second-order valence-corrected chi connectivity index (χ2v) is 19.0. The van der Waals surface area contributed by atoms with Crippen molar-refractivity contribution in [2.75, 3.05) is 4.90 Å². The molecule has 0 saturated heterocycles. The van der Waals surface area contributed by atoms with Gasteiger partial charge in [-0.2, -0.15) is 0 Å². The summed E-state index contributed by atoms with van der Waals surface area (Å²) in [5.41, 5.74) is 22.6. The van der Waals surface area contributed by atoms with Crippen LogP contribution in [0.15, 0.2) is 242 Å². The van der Waals surface area contributed by atoms with Crippen molar-refractivity contribution in [3.05, 3.63) is 264 Å². The van der Waals surface area contributed by atoms with Gasteiger partial charge in [-0.1, -0.05) is 157 Å². The van der Waals surface area contributed by atoms with Crippen molar-refractivity contribution >= 4 is 50.0 Å². The number of fused-ring (bicyclic) bond motifs is 6. The number of aromatic nitrogens is 2. The SMILES string of the molecule is C1=CCCC(C2(c3ccccc3)C3=CCCC=C3c3ccc(N(C4=CC=C(c5ccccn5)CC4)c4ccc(-c5cc(-c6ccccc6)c6c(c5)c5ccccc5n6C5=CCCC=C5)cc4)cc32)=C1. The Morgan fingerprint density at radius 2 is 1.33 bits per heavy atom. The van der Waals surface area contributed by atoms with Crippen LogP contribution in [0.5, 0.6) is 0 Å². The van der Waals surface area contributed by atoms with Crippen LogP contribution >= 0.6 is 0 Å². The number of nitrogens with zero attached hydrogens (tertiary/aromatic N) is 3. The van der Waals surface area contributed by atoms with Gasteiger partial charge in [0, 0.05) is 45.3 Å². The molecule has 3 nitrogen and oxygen atoms in total. The van der Waals surface area contributed by atoms with E-state index >= 15 is 0 Å². The summed E-state index contributed by atoms with van der Waals surface area (Å²) in [5.74, 6) is 0. The van der Waals surface area contributed by atoms with Crippen LogP contribution in [-0.4, -0.2) is 9.55 Å². The summed E-state index contributed by atoms with van der Waals surface area (Å²) >= 11 is 0. The van der Waals surface area contributed by atoms with Crippen LogP contribution in [0.25, 0.3) is 60.9 Å². The molecular weight excluding hydrogens is 835 g/mol. The summed E-state index contributed by atoms with van der Waals surface area (Å²) < 4.78 is 2.49. The average molecular weight is 888 g/mol. The summed E-state index contributed by atoms with van der Waals surface area (Å²) in [6.45, 7) is 0. The Labute approximate surface area is 405 Å². The van der Waals surface area contributed by atoms with Gasteiger partial charge in [0.2, 0.25) is 0 Å². The van der Waals surface area contributed by atoms with Crippen LogP contribution in [0.2, 0.25) is 0 Å². The van der Waals surface area contributed by atoms with Gasteiger partial charge in [-0.25, -0.2) is 0 Å². The van der Waals surface area contributed by atoms with Gasteiger partial charge < -0.3 is 9.47 Å². The van der Waals surface area contributed by atoms with Gasteiger partial charge in [-0.15, -0.1) is 0 Å². The van der Waals surface area contributed by atoms with Crippen molar-refractivity contribution in [2.45, 2.75) is 56.8 Å². The Morgan fingerprint density at radius 3 is 2.12 bits per heavy atom. The molecule has 2 heterocycles. The van der Waals surface area contributed by atoms with Crippen LogP contribution in [0.1, 0.15) is 73.8 Å². The summed E-state index contributed by atoms with van der Waals surface area (Å²) in [6.07, 6.45) is 33.8. The number of para-hydroxylation sites is 1. The Kier molecular flexibility index (Phi) is 10.3. The molecule has 1 atom stereocenters. The second kappa shape index (κ2) is 17.3. The third-order valence-electron chi connectivity index (χ3n) is 15.2. The minimum absolute atomic E-state index is 0.367. The van der Waals surface area contributed by atoms with E-state index in [1.165, 1.54) is 100 Å². The highest BCUT2D eigenvalue weighted by atomic mass is 15.1. The van der Waals surface area contributed by atoms with Crippen molar-refractivity contribution in [2.24, 2.45) is 0 Å². The molecule has 0 aliphatic heterocycles. The topological polar surface area (TPSA) is 21.1 Å². The minimum atomic E-state index is -0.367. The first-order chi connectivity index (χ1) is 34.2. The largest absolute Gasteiger partial charge is 0.314 e. The fourth-order valence-corrected chi connectivity index (χ4v) is 12.1.